The topological polar surface area (TPSA) is 103 Å². The molecule has 1 aliphatic rings. The zero-order chi connectivity index (χ0) is 23.0. The van der Waals surface area contributed by atoms with Crippen molar-refractivity contribution in [2.45, 2.75) is 11.4 Å². The summed E-state index contributed by atoms with van der Waals surface area (Å²) in [6, 6.07) is 15.8. The maximum Gasteiger partial charge on any atom is 0.339 e. The number of carbonyl (C=O) groups excluding carboxylic acids is 3. The van der Waals surface area contributed by atoms with Crippen LogP contribution in [0.3, 0.4) is 0 Å². The van der Waals surface area contributed by atoms with Crippen LogP contribution in [-0.2, 0) is 20.9 Å². The molecule has 0 radical (unpaired) electrons. The second-order valence-corrected chi connectivity index (χ2v) is 8.88. The van der Waals surface area contributed by atoms with Gasteiger partial charge in [0.1, 0.15) is 0 Å². The van der Waals surface area contributed by atoms with Crippen molar-refractivity contribution in [3.8, 4) is 11.5 Å². The molecule has 0 fully saturated rings. The van der Waals surface area contributed by atoms with Gasteiger partial charge in [0.25, 0.3) is 5.91 Å². The number of fused-ring (bicyclic) bond motifs is 1. The van der Waals surface area contributed by atoms with E-state index in [0.717, 1.165) is 4.88 Å². The highest BCUT2D eigenvalue weighted by Gasteiger charge is 2.17. The number of thiophene rings is 1. The number of amides is 2. The molecule has 0 saturated carbocycles. The first-order chi connectivity index (χ1) is 16.1. The first kappa shape index (κ1) is 22.7. The number of esters is 1. The molecule has 2 heterocycles. The minimum Gasteiger partial charge on any atom is -0.454 e. The molecule has 0 saturated heterocycles. The van der Waals surface area contributed by atoms with Crippen LogP contribution in [0.5, 0.6) is 11.5 Å². The van der Waals surface area contributed by atoms with Crippen molar-refractivity contribution in [1.82, 2.24) is 5.32 Å². The number of anilines is 1. The molecule has 0 unspecified atom stereocenters. The highest BCUT2D eigenvalue weighted by atomic mass is 32.2. The van der Waals surface area contributed by atoms with Gasteiger partial charge in [-0.2, -0.15) is 0 Å². The molecule has 10 heteroatoms. The molecule has 8 nitrogen and oxygen atoms in total. The van der Waals surface area contributed by atoms with E-state index in [9.17, 15) is 14.4 Å². The van der Waals surface area contributed by atoms with E-state index in [1.54, 1.807) is 42.5 Å². The highest BCUT2D eigenvalue weighted by molar-refractivity contribution is 8.00. The Bertz CT molecular complexity index is 1150. The van der Waals surface area contributed by atoms with Gasteiger partial charge in [0.2, 0.25) is 12.7 Å². The molecule has 1 aromatic heterocycles. The summed E-state index contributed by atoms with van der Waals surface area (Å²) < 4.78 is 15.7. The van der Waals surface area contributed by atoms with Gasteiger partial charge in [0, 0.05) is 21.5 Å². The van der Waals surface area contributed by atoms with Crippen LogP contribution >= 0.6 is 23.1 Å². The summed E-state index contributed by atoms with van der Waals surface area (Å²) in [6.45, 7) is 0.165. The molecular formula is C23H20N2O6S2. The predicted molar refractivity (Wildman–Crippen MR) is 125 cm³/mol. The van der Waals surface area contributed by atoms with Crippen molar-refractivity contribution in [1.29, 1.82) is 0 Å². The third kappa shape index (κ3) is 6.27. The van der Waals surface area contributed by atoms with Crippen molar-refractivity contribution in [2.75, 3.05) is 24.5 Å². The molecule has 170 valence electrons. The Morgan fingerprint density at radius 2 is 1.85 bits per heavy atom. The second-order valence-electron chi connectivity index (χ2n) is 6.83. The van der Waals surface area contributed by atoms with Crippen molar-refractivity contribution in [3.05, 3.63) is 70.4 Å². The Kier molecular flexibility index (Phi) is 7.48. The van der Waals surface area contributed by atoms with E-state index in [4.69, 9.17) is 14.2 Å². The number of nitrogens with one attached hydrogen (secondary N) is 2. The number of thioether (sulfide) groups is 1. The molecule has 0 bridgehead atoms. The summed E-state index contributed by atoms with van der Waals surface area (Å²) in [6.07, 6.45) is 0. The zero-order valence-corrected chi connectivity index (χ0v) is 19.0. The minimum atomic E-state index is -0.624. The monoisotopic (exact) mass is 484 g/mol. The van der Waals surface area contributed by atoms with Gasteiger partial charge in [-0.15, -0.1) is 23.1 Å². The fraction of sp³-hybridized carbons (Fsp3) is 0.174. The molecule has 1 aliphatic heterocycles. The molecule has 2 aromatic carbocycles. The fourth-order valence-corrected chi connectivity index (χ4v) is 4.42. The predicted octanol–water partition coefficient (Wildman–Crippen LogP) is 3.68. The quantitative estimate of drug-likeness (QED) is 0.353. The van der Waals surface area contributed by atoms with Crippen LogP contribution in [0, 0.1) is 0 Å². The third-order valence-electron chi connectivity index (χ3n) is 4.50. The number of carbonyl (C=O) groups is 3. The first-order valence-corrected chi connectivity index (χ1v) is 11.8. The molecule has 3 aromatic rings. The largest absolute Gasteiger partial charge is 0.454 e. The molecule has 0 atom stereocenters. The van der Waals surface area contributed by atoms with E-state index < -0.39 is 5.97 Å². The van der Waals surface area contributed by atoms with Gasteiger partial charge in [-0.1, -0.05) is 18.2 Å². The number of hydrogen-bond donors (Lipinski definition) is 2. The first-order valence-electron chi connectivity index (χ1n) is 9.96. The van der Waals surface area contributed by atoms with Gasteiger partial charge >= 0.3 is 5.97 Å². The van der Waals surface area contributed by atoms with Crippen LogP contribution in [0.4, 0.5) is 5.69 Å². The van der Waals surface area contributed by atoms with Crippen LogP contribution in [0.1, 0.15) is 15.2 Å². The Hall–Kier alpha value is -3.50. The number of benzene rings is 2. The Morgan fingerprint density at radius 3 is 2.70 bits per heavy atom. The van der Waals surface area contributed by atoms with Gasteiger partial charge in [-0.3, -0.25) is 9.59 Å². The average molecular weight is 485 g/mol. The number of ether oxygens (including phenoxy) is 3. The van der Waals surface area contributed by atoms with E-state index in [1.165, 1.54) is 23.1 Å². The van der Waals surface area contributed by atoms with E-state index in [0.29, 0.717) is 34.2 Å². The van der Waals surface area contributed by atoms with Crippen molar-refractivity contribution < 1.29 is 28.6 Å². The van der Waals surface area contributed by atoms with Gasteiger partial charge < -0.3 is 24.8 Å². The summed E-state index contributed by atoms with van der Waals surface area (Å²) in [5.41, 5.74) is 0.885. The molecule has 33 heavy (non-hydrogen) atoms. The number of rotatable bonds is 9. The molecule has 2 N–H and O–H groups in total. The molecular weight excluding hydrogens is 464 g/mol. The van der Waals surface area contributed by atoms with Crippen LogP contribution in [0.2, 0.25) is 0 Å². The van der Waals surface area contributed by atoms with Gasteiger partial charge in [-0.05, 0) is 35.7 Å². The Morgan fingerprint density at radius 1 is 1.00 bits per heavy atom. The molecule has 0 spiro atoms. The van der Waals surface area contributed by atoms with Gasteiger partial charge in [0.05, 0.1) is 17.9 Å². The average Bonchev–Trinajstić information content (AvgIpc) is 3.51. The van der Waals surface area contributed by atoms with Crippen LogP contribution in [0.25, 0.3) is 0 Å². The maximum absolute atomic E-state index is 12.5. The number of hydrogen-bond acceptors (Lipinski definition) is 8. The van der Waals surface area contributed by atoms with E-state index in [1.807, 2.05) is 17.5 Å². The highest BCUT2D eigenvalue weighted by Crippen LogP contribution is 2.34. The fourth-order valence-electron chi connectivity index (χ4n) is 2.93. The summed E-state index contributed by atoms with van der Waals surface area (Å²) in [4.78, 5) is 38.4. The lowest BCUT2D eigenvalue weighted by molar-refractivity contribution is -0.124. The summed E-state index contributed by atoms with van der Waals surface area (Å²) in [7, 11) is 0. The Labute approximate surface area is 198 Å². The van der Waals surface area contributed by atoms with Gasteiger partial charge in [0.15, 0.2) is 18.1 Å². The van der Waals surface area contributed by atoms with Crippen molar-refractivity contribution in [2.24, 2.45) is 0 Å². The summed E-state index contributed by atoms with van der Waals surface area (Å²) in [5, 5.41) is 7.42. The SMILES string of the molecule is O=C(COC(=O)c1ccccc1SCC(=O)Nc1ccc2c(c1)OCO2)NCc1cccs1. The minimum absolute atomic E-state index is 0.0834. The normalized spacial score (nSPS) is 11.6. The van der Waals surface area contributed by atoms with Crippen molar-refractivity contribution in [3.63, 3.8) is 0 Å². The smallest absolute Gasteiger partial charge is 0.339 e. The third-order valence-corrected chi connectivity index (χ3v) is 6.45. The lowest BCUT2D eigenvalue weighted by Crippen LogP contribution is -2.28. The lowest BCUT2D eigenvalue weighted by Gasteiger charge is -2.10. The standard InChI is InChI=1S/C23H20N2O6S2/c26-21(24-11-16-4-3-9-32-16)12-29-23(28)17-5-1-2-6-20(17)33-13-22(27)25-15-7-8-18-19(10-15)31-14-30-18/h1-10H,11-14H2,(H,24,26)(H,25,27). The van der Waals surface area contributed by atoms with Crippen LogP contribution in [0.15, 0.2) is 64.9 Å². The lowest BCUT2D eigenvalue weighted by atomic mass is 10.2. The zero-order valence-electron chi connectivity index (χ0n) is 17.4. The van der Waals surface area contributed by atoms with E-state index in [-0.39, 0.29) is 31.0 Å². The van der Waals surface area contributed by atoms with E-state index >= 15 is 0 Å². The molecule has 2 amide bonds. The maximum atomic E-state index is 12.5. The summed E-state index contributed by atoms with van der Waals surface area (Å²) in [5.74, 6) is 0.0450. The van der Waals surface area contributed by atoms with Crippen LogP contribution < -0.4 is 20.1 Å². The van der Waals surface area contributed by atoms with E-state index in [2.05, 4.69) is 10.6 Å². The molecule has 4 rings (SSSR count). The Balaban J connectivity index is 1.27. The van der Waals surface area contributed by atoms with Crippen molar-refractivity contribution >= 4 is 46.6 Å². The van der Waals surface area contributed by atoms with Crippen LogP contribution in [-0.4, -0.2) is 36.9 Å². The van der Waals surface area contributed by atoms with Gasteiger partial charge in [-0.25, -0.2) is 4.79 Å². The molecule has 0 aliphatic carbocycles. The summed E-state index contributed by atoms with van der Waals surface area (Å²) >= 11 is 2.73. The second kappa shape index (κ2) is 10.9.